The monoisotopic (exact) mass is 265 g/mol. The molecule has 19 heavy (non-hydrogen) atoms. The van der Waals surface area contributed by atoms with Crippen LogP contribution in [-0.2, 0) is 11.3 Å². The molecule has 0 spiro atoms. The molecule has 0 aromatic carbocycles. The van der Waals surface area contributed by atoms with Crippen molar-refractivity contribution >= 4 is 11.7 Å². The van der Waals surface area contributed by atoms with E-state index in [2.05, 4.69) is 18.9 Å². The van der Waals surface area contributed by atoms with E-state index in [-0.39, 0.29) is 12.1 Å². The van der Waals surface area contributed by atoms with Crippen LogP contribution in [0.2, 0.25) is 0 Å². The second-order valence-electron chi connectivity index (χ2n) is 5.71. The molecule has 2 rings (SSSR count). The second kappa shape index (κ2) is 5.63. The highest BCUT2D eigenvalue weighted by Gasteiger charge is 2.28. The van der Waals surface area contributed by atoms with Crippen LogP contribution in [0, 0.1) is 11.8 Å². The number of nitrogens with two attached hydrogens (primary N) is 1. The zero-order valence-electron chi connectivity index (χ0n) is 11.9. The number of aromatic nitrogens is 2. The topological polar surface area (TPSA) is 70.1 Å². The fourth-order valence-electron chi connectivity index (χ4n) is 3.04. The molecular formula is C14H23N3O2. The molecule has 2 unspecified atom stereocenters. The Balaban J connectivity index is 2.06. The molecule has 0 amide bonds. The van der Waals surface area contributed by atoms with Crippen molar-refractivity contribution < 1.29 is 9.53 Å². The molecule has 5 nitrogen and oxygen atoms in total. The van der Waals surface area contributed by atoms with E-state index in [0.29, 0.717) is 29.8 Å². The third kappa shape index (κ3) is 3.08. The number of carbonyl (C=O) groups excluding carboxylic acids is 1. The van der Waals surface area contributed by atoms with Gasteiger partial charge < -0.3 is 10.5 Å². The number of carbonyl (C=O) groups is 1. The van der Waals surface area contributed by atoms with Crippen LogP contribution >= 0.6 is 0 Å². The lowest BCUT2D eigenvalue weighted by Crippen LogP contribution is -2.29. The molecule has 0 aliphatic heterocycles. The van der Waals surface area contributed by atoms with Crippen molar-refractivity contribution in [1.82, 2.24) is 9.78 Å². The highest BCUT2D eigenvalue weighted by Crippen LogP contribution is 2.31. The van der Waals surface area contributed by atoms with Crippen LogP contribution in [0.25, 0.3) is 0 Å². The highest BCUT2D eigenvalue weighted by molar-refractivity contribution is 5.93. The van der Waals surface area contributed by atoms with Gasteiger partial charge in [0.05, 0.1) is 11.9 Å². The summed E-state index contributed by atoms with van der Waals surface area (Å²) in [6.45, 7) is 6.95. The smallest absolute Gasteiger partial charge is 0.359 e. The maximum absolute atomic E-state index is 12.2. The van der Waals surface area contributed by atoms with E-state index < -0.39 is 0 Å². The number of aryl methyl sites for hydroxylation is 1. The van der Waals surface area contributed by atoms with Gasteiger partial charge in [-0.2, -0.15) is 5.10 Å². The van der Waals surface area contributed by atoms with Gasteiger partial charge in [-0.1, -0.05) is 13.8 Å². The summed E-state index contributed by atoms with van der Waals surface area (Å²) in [5.74, 6) is 0.869. The van der Waals surface area contributed by atoms with Crippen molar-refractivity contribution in [3.63, 3.8) is 0 Å². The SMILES string of the molecule is CCn1ncc(N)c1C(=O)OC1CC(C)CC(C)C1. The number of nitrogen functional groups attached to an aromatic ring is 1. The minimum atomic E-state index is -0.344. The fourth-order valence-corrected chi connectivity index (χ4v) is 3.04. The zero-order chi connectivity index (χ0) is 14.0. The molecule has 1 aromatic heterocycles. The van der Waals surface area contributed by atoms with E-state index >= 15 is 0 Å². The number of nitrogens with zero attached hydrogens (tertiary/aromatic N) is 2. The van der Waals surface area contributed by atoms with Crippen molar-refractivity contribution in [2.75, 3.05) is 5.73 Å². The van der Waals surface area contributed by atoms with Crippen LogP contribution < -0.4 is 5.73 Å². The summed E-state index contributed by atoms with van der Waals surface area (Å²) < 4.78 is 7.21. The second-order valence-corrected chi connectivity index (χ2v) is 5.71. The Morgan fingerprint density at radius 3 is 2.63 bits per heavy atom. The molecule has 0 bridgehead atoms. The average Bonchev–Trinajstić information content (AvgIpc) is 2.68. The molecule has 2 atom stereocenters. The minimum absolute atomic E-state index is 0.00542. The number of rotatable bonds is 3. The molecule has 1 fully saturated rings. The highest BCUT2D eigenvalue weighted by atomic mass is 16.5. The third-order valence-corrected chi connectivity index (χ3v) is 3.77. The van der Waals surface area contributed by atoms with Gasteiger partial charge in [0, 0.05) is 6.54 Å². The predicted octanol–water partition coefficient (Wildman–Crippen LogP) is 2.47. The Bertz CT molecular complexity index is 446. The zero-order valence-corrected chi connectivity index (χ0v) is 11.9. The number of hydrogen-bond acceptors (Lipinski definition) is 4. The van der Waals surface area contributed by atoms with Gasteiger partial charge >= 0.3 is 5.97 Å². The molecule has 0 radical (unpaired) electrons. The number of esters is 1. The van der Waals surface area contributed by atoms with E-state index in [1.54, 1.807) is 4.68 Å². The Morgan fingerprint density at radius 2 is 2.05 bits per heavy atom. The van der Waals surface area contributed by atoms with Gasteiger partial charge in [0.1, 0.15) is 6.10 Å². The van der Waals surface area contributed by atoms with Gasteiger partial charge in [-0.05, 0) is 38.0 Å². The Labute approximate surface area is 114 Å². The van der Waals surface area contributed by atoms with Gasteiger partial charge in [0.25, 0.3) is 0 Å². The summed E-state index contributed by atoms with van der Waals surface area (Å²) in [5, 5.41) is 4.07. The van der Waals surface area contributed by atoms with Crippen LogP contribution in [0.4, 0.5) is 5.69 Å². The van der Waals surface area contributed by atoms with Crippen molar-refractivity contribution in [1.29, 1.82) is 0 Å². The largest absolute Gasteiger partial charge is 0.458 e. The third-order valence-electron chi connectivity index (χ3n) is 3.77. The summed E-state index contributed by atoms with van der Waals surface area (Å²) in [6, 6.07) is 0. The first-order valence-electron chi connectivity index (χ1n) is 7.03. The van der Waals surface area contributed by atoms with Gasteiger partial charge in [-0.15, -0.1) is 0 Å². The van der Waals surface area contributed by atoms with Gasteiger partial charge in [-0.25, -0.2) is 4.79 Å². The van der Waals surface area contributed by atoms with Crippen LogP contribution in [0.5, 0.6) is 0 Å². The van der Waals surface area contributed by atoms with Crippen LogP contribution in [-0.4, -0.2) is 21.9 Å². The quantitative estimate of drug-likeness (QED) is 0.852. The van der Waals surface area contributed by atoms with Gasteiger partial charge in [-0.3, -0.25) is 4.68 Å². The van der Waals surface area contributed by atoms with E-state index in [1.807, 2.05) is 6.92 Å². The number of anilines is 1. The number of hydrogen-bond donors (Lipinski definition) is 1. The lowest BCUT2D eigenvalue weighted by molar-refractivity contribution is 0.00696. The van der Waals surface area contributed by atoms with Gasteiger partial charge in [0.15, 0.2) is 5.69 Å². The Kier molecular flexibility index (Phi) is 4.12. The molecule has 106 valence electrons. The summed E-state index contributed by atoms with van der Waals surface area (Å²) in [5.41, 5.74) is 6.57. The Morgan fingerprint density at radius 1 is 1.42 bits per heavy atom. The van der Waals surface area contributed by atoms with E-state index in [1.165, 1.54) is 12.6 Å². The molecule has 1 aromatic rings. The summed E-state index contributed by atoms with van der Waals surface area (Å²) in [4.78, 5) is 12.2. The molecule has 1 saturated carbocycles. The van der Waals surface area contributed by atoms with Crippen molar-refractivity contribution in [2.45, 2.75) is 52.7 Å². The molecule has 1 heterocycles. The van der Waals surface area contributed by atoms with Crippen LogP contribution in [0.3, 0.4) is 0 Å². The summed E-state index contributed by atoms with van der Waals surface area (Å²) >= 11 is 0. The predicted molar refractivity (Wildman–Crippen MR) is 73.7 cm³/mol. The fraction of sp³-hybridized carbons (Fsp3) is 0.714. The molecule has 5 heteroatoms. The lowest BCUT2D eigenvalue weighted by atomic mass is 9.82. The van der Waals surface area contributed by atoms with Crippen molar-refractivity contribution in [3.8, 4) is 0 Å². The summed E-state index contributed by atoms with van der Waals surface area (Å²) in [7, 11) is 0. The first-order valence-corrected chi connectivity index (χ1v) is 7.03. The van der Waals surface area contributed by atoms with E-state index in [0.717, 1.165) is 12.8 Å². The standard InChI is InChI=1S/C14H23N3O2/c1-4-17-13(12(15)8-16-17)14(18)19-11-6-9(2)5-10(3)7-11/h8-11H,4-7,15H2,1-3H3. The molecule has 1 aliphatic rings. The maximum atomic E-state index is 12.2. The Hall–Kier alpha value is -1.52. The van der Waals surface area contributed by atoms with Gasteiger partial charge in [0.2, 0.25) is 0 Å². The van der Waals surface area contributed by atoms with Crippen LogP contribution in [0.1, 0.15) is 50.5 Å². The average molecular weight is 265 g/mol. The molecular weight excluding hydrogens is 242 g/mol. The van der Waals surface area contributed by atoms with E-state index in [4.69, 9.17) is 10.5 Å². The van der Waals surface area contributed by atoms with Crippen molar-refractivity contribution in [3.05, 3.63) is 11.9 Å². The van der Waals surface area contributed by atoms with E-state index in [9.17, 15) is 4.79 Å². The molecule has 1 aliphatic carbocycles. The molecule has 2 N–H and O–H groups in total. The summed E-state index contributed by atoms with van der Waals surface area (Å²) in [6.07, 6.45) is 4.60. The normalized spacial score (nSPS) is 27.2. The maximum Gasteiger partial charge on any atom is 0.359 e. The first-order chi connectivity index (χ1) is 9.01. The molecule has 0 saturated heterocycles. The first kappa shape index (κ1) is 13.9. The minimum Gasteiger partial charge on any atom is -0.458 e. The van der Waals surface area contributed by atoms with Crippen LogP contribution in [0.15, 0.2) is 6.20 Å². The van der Waals surface area contributed by atoms with Crippen molar-refractivity contribution in [2.24, 2.45) is 11.8 Å². The number of ether oxygens (including phenoxy) is 1. The lowest BCUT2D eigenvalue weighted by Gasteiger charge is -2.31.